The van der Waals surface area contributed by atoms with E-state index in [1.165, 1.54) is 25.8 Å². The van der Waals surface area contributed by atoms with Crippen molar-refractivity contribution >= 4 is 16.9 Å². The third-order valence-electron chi connectivity index (χ3n) is 5.82. The molecule has 0 unspecified atom stereocenters. The van der Waals surface area contributed by atoms with Crippen molar-refractivity contribution in [3.8, 4) is 0 Å². The molecule has 1 aromatic heterocycles. The van der Waals surface area contributed by atoms with E-state index in [0.29, 0.717) is 19.0 Å². The van der Waals surface area contributed by atoms with E-state index >= 15 is 0 Å². The third-order valence-corrected chi connectivity index (χ3v) is 5.82. The number of para-hydroxylation sites is 2. The van der Waals surface area contributed by atoms with Gasteiger partial charge in [0.2, 0.25) is 5.91 Å². The number of carbonyl (C=O) groups excluding carboxylic acids is 1. The summed E-state index contributed by atoms with van der Waals surface area (Å²) in [5.41, 5.74) is 1.73. The number of hydrogen-bond donors (Lipinski definition) is 1. The Morgan fingerprint density at radius 3 is 2.80 bits per heavy atom. The molecular formula is C19H26N4O2. The van der Waals surface area contributed by atoms with Gasteiger partial charge in [-0.05, 0) is 37.9 Å². The summed E-state index contributed by atoms with van der Waals surface area (Å²) in [4.78, 5) is 27.4. The number of aryl methyl sites for hydroxylation is 2. The van der Waals surface area contributed by atoms with Gasteiger partial charge in [-0.3, -0.25) is 18.8 Å². The molecule has 1 aromatic carbocycles. The van der Waals surface area contributed by atoms with Gasteiger partial charge in [0.25, 0.3) is 0 Å². The van der Waals surface area contributed by atoms with Gasteiger partial charge < -0.3 is 5.32 Å². The molecule has 0 radical (unpaired) electrons. The van der Waals surface area contributed by atoms with E-state index in [2.05, 4.69) is 10.2 Å². The van der Waals surface area contributed by atoms with Crippen LogP contribution in [0.15, 0.2) is 29.1 Å². The lowest BCUT2D eigenvalue weighted by molar-refractivity contribution is -0.122. The van der Waals surface area contributed by atoms with Crippen LogP contribution in [-0.2, 0) is 18.4 Å². The molecule has 0 aliphatic carbocycles. The van der Waals surface area contributed by atoms with E-state index in [-0.39, 0.29) is 17.6 Å². The number of fused-ring (bicyclic) bond motifs is 2. The van der Waals surface area contributed by atoms with Crippen LogP contribution in [0.2, 0.25) is 0 Å². The van der Waals surface area contributed by atoms with Crippen molar-refractivity contribution in [1.82, 2.24) is 19.4 Å². The van der Waals surface area contributed by atoms with E-state index in [1.807, 2.05) is 24.3 Å². The maximum atomic E-state index is 12.4. The molecule has 2 saturated heterocycles. The van der Waals surface area contributed by atoms with Crippen molar-refractivity contribution in [2.24, 2.45) is 7.05 Å². The Morgan fingerprint density at radius 2 is 1.96 bits per heavy atom. The first kappa shape index (κ1) is 16.4. The maximum absolute atomic E-state index is 12.4. The van der Waals surface area contributed by atoms with E-state index in [4.69, 9.17) is 0 Å². The van der Waals surface area contributed by atoms with Gasteiger partial charge in [0.1, 0.15) is 0 Å². The molecule has 2 fully saturated rings. The minimum Gasteiger partial charge on any atom is -0.352 e. The molecule has 2 aliphatic heterocycles. The molecule has 0 bridgehead atoms. The second-order valence-electron chi connectivity index (χ2n) is 7.29. The van der Waals surface area contributed by atoms with Crippen molar-refractivity contribution < 1.29 is 4.79 Å². The van der Waals surface area contributed by atoms with Crippen LogP contribution in [0.25, 0.3) is 11.0 Å². The van der Waals surface area contributed by atoms with Crippen molar-refractivity contribution in [1.29, 1.82) is 0 Å². The lowest BCUT2D eigenvalue weighted by atomic mass is 9.99. The zero-order valence-corrected chi connectivity index (χ0v) is 14.8. The summed E-state index contributed by atoms with van der Waals surface area (Å²) in [6, 6.07) is 8.51. The van der Waals surface area contributed by atoms with Crippen molar-refractivity contribution in [2.45, 2.75) is 50.7 Å². The van der Waals surface area contributed by atoms with Gasteiger partial charge in [-0.15, -0.1) is 0 Å². The fourth-order valence-electron chi connectivity index (χ4n) is 4.49. The van der Waals surface area contributed by atoms with Gasteiger partial charge in [-0.25, -0.2) is 4.79 Å². The number of rotatable bonds is 4. The van der Waals surface area contributed by atoms with Crippen LogP contribution in [0.3, 0.4) is 0 Å². The number of amides is 1. The largest absolute Gasteiger partial charge is 0.352 e. The lowest BCUT2D eigenvalue weighted by Crippen LogP contribution is -2.47. The van der Waals surface area contributed by atoms with E-state index < -0.39 is 0 Å². The Bertz CT molecular complexity index is 838. The summed E-state index contributed by atoms with van der Waals surface area (Å²) in [7, 11) is 1.78. The molecule has 0 saturated carbocycles. The minimum absolute atomic E-state index is 0.0530. The van der Waals surface area contributed by atoms with Crippen LogP contribution < -0.4 is 11.0 Å². The average Bonchev–Trinajstić information content (AvgIpc) is 3.14. The molecule has 6 heteroatoms. The number of benzene rings is 1. The highest BCUT2D eigenvalue weighted by Crippen LogP contribution is 2.27. The van der Waals surface area contributed by atoms with Crippen LogP contribution in [0.5, 0.6) is 0 Å². The van der Waals surface area contributed by atoms with Gasteiger partial charge in [-0.1, -0.05) is 18.6 Å². The number of hydrogen-bond acceptors (Lipinski definition) is 3. The van der Waals surface area contributed by atoms with Crippen molar-refractivity contribution in [3.63, 3.8) is 0 Å². The van der Waals surface area contributed by atoms with E-state index in [9.17, 15) is 9.59 Å². The Morgan fingerprint density at radius 1 is 1.16 bits per heavy atom. The van der Waals surface area contributed by atoms with Gasteiger partial charge in [0.05, 0.1) is 11.0 Å². The molecule has 4 rings (SSSR count). The SMILES string of the molecule is Cn1c(=O)n(CCC(=O)N[C@H]2CCN3CCCC[C@@H]23)c2ccccc21. The number of nitrogens with one attached hydrogen (secondary N) is 1. The minimum atomic E-state index is -0.0617. The first-order valence-electron chi connectivity index (χ1n) is 9.33. The fourth-order valence-corrected chi connectivity index (χ4v) is 4.49. The monoisotopic (exact) mass is 342 g/mol. The van der Waals surface area contributed by atoms with Crippen molar-refractivity contribution in [3.05, 3.63) is 34.7 Å². The van der Waals surface area contributed by atoms with Gasteiger partial charge in [0.15, 0.2) is 0 Å². The number of nitrogens with zero attached hydrogens (tertiary/aromatic N) is 3. The van der Waals surface area contributed by atoms with E-state index in [0.717, 1.165) is 24.0 Å². The molecule has 6 nitrogen and oxygen atoms in total. The molecule has 134 valence electrons. The fraction of sp³-hybridized carbons (Fsp3) is 0.579. The van der Waals surface area contributed by atoms with Gasteiger partial charge >= 0.3 is 5.69 Å². The Hall–Kier alpha value is -2.08. The Balaban J connectivity index is 1.41. The summed E-state index contributed by atoms with van der Waals surface area (Å²) < 4.78 is 3.35. The highest BCUT2D eigenvalue weighted by molar-refractivity contribution is 5.78. The Labute approximate surface area is 147 Å². The molecule has 2 aliphatic rings. The van der Waals surface area contributed by atoms with Crippen molar-refractivity contribution in [2.75, 3.05) is 13.1 Å². The number of piperidine rings is 1. The third kappa shape index (κ3) is 2.99. The predicted octanol–water partition coefficient (Wildman–Crippen LogP) is 1.47. The van der Waals surface area contributed by atoms with Crippen LogP contribution in [0, 0.1) is 0 Å². The summed E-state index contributed by atoms with van der Waals surface area (Å²) >= 11 is 0. The van der Waals surface area contributed by atoms with Crippen LogP contribution >= 0.6 is 0 Å². The second-order valence-corrected chi connectivity index (χ2v) is 7.29. The zero-order valence-electron chi connectivity index (χ0n) is 14.8. The number of imidazole rings is 1. The molecular weight excluding hydrogens is 316 g/mol. The first-order chi connectivity index (χ1) is 12.1. The predicted molar refractivity (Wildman–Crippen MR) is 97.6 cm³/mol. The molecule has 0 spiro atoms. The normalized spacial score (nSPS) is 23.7. The standard InChI is InChI=1S/C19H26N4O2/c1-21-16-7-2-3-8-17(16)23(19(21)25)13-10-18(24)20-14-9-12-22-11-5-4-6-15(14)22/h2-3,7-8,14-15H,4-6,9-13H2,1H3,(H,20,24)/t14-,15-/m0/s1. The topological polar surface area (TPSA) is 59.3 Å². The highest BCUT2D eigenvalue weighted by atomic mass is 16.2. The molecule has 3 heterocycles. The zero-order chi connectivity index (χ0) is 17.4. The number of aromatic nitrogens is 2. The second kappa shape index (κ2) is 6.67. The van der Waals surface area contributed by atoms with Gasteiger partial charge in [0, 0.05) is 38.6 Å². The van der Waals surface area contributed by atoms with Crippen LogP contribution in [0.4, 0.5) is 0 Å². The first-order valence-corrected chi connectivity index (χ1v) is 9.33. The lowest BCUT2D eigenvalue weighted by Gasteiger charge is -2.32. The number of carbonyl (C=O) groups is 1. The van der Waals surface area contributed by atoms with Crippen LogP contribution in [-0.4, -0.2) is 45.1 Å². The Kier molecular flexibility index (Phi) is 4.37. The average molecular weight is 342 g/mol. The summed E-state index contributed by atoms with van der Waals surface area (Å²) in [6.07, 6.45) is 5.12. The van der Waals surface area contributed by atoms with E-state index in [1.54, 1.807) is 16.2 Å². The molecule has 1 N–H and O–H groups in total. The maximum Gasteiger partial charge on any atom is 0.328 e. The highest BCUT2D eigenvalue weighted by Gasteiger charge is 2.36. The van der Waals surface area contributed by atoms with Gasteiger partial charge in [-0.2, -0.15) is 0 Å². The molecule has 25 heavy (non-hydrogen) atoms. The summed E-state index contributed by atoms with van der Waals surface area (Å²) in [6.45, 7) is 2.69. The molecule has 2 aromatic rings. The quantitative estimate of drug-likeness (QED) is 0.915. The van der Waals surface area contributed by atoms with Crippen LogP contribution in [0.1, 0.15) is 32.1 Å². The summed E-state index contributed by atoms with van der Waals surface area (Å²) in [5, 5.41) is 3.22. The molecule has 2 atom stereocenters. The molecule has 1 amide bonds. The summed E-state index contributed by atoms with van der Waals surface area (Å²) in [5.74, 6) is 0.0530. The smallest absolute Gasteiger partial charge is 0.328 e.